The van der Waals surface area contributed by atoms with Crippen LogP contribution in [0.1, 0.15) is 18.4 Å². The fourth-order valence-corrected chi connectivity index (χ4v) is 2.99. The van der Waals surface area contributed by atoms with Crippen molar-refractivity contribution in [1.82, 2.24) is 10.6 Å². The Morgan fingerprint density at radius 3 is 2.90 bits per heavy atom. The van der Waals surface area contributed by atoms with Crippen molar-refractivity contribution < 1.29 is 9.53 Å². The van der Waals surface area contributed by atoms with Gasteiger partial charge >= 0.3 is 0 Å². The highest BCUT2D eigenvalue weighted by molar-refractivity contribution is 5.82. The summed E-state index contributed by atoms with van der Waals surface area (Å²) in [7, 11) is 0. The van der Waals surface area contributed by atoms with E-state index in [2.05, 4.69) is 33.7 Å². The third-order valence-corrected chi connectivity index (χ3v) is 4.17. The van der Waals surface area contributed by atoms with E-state index >= 15 is 0 Å². The maximum absolute atomic E-state index is 12.1. The molecular weight excluding hydrogens is 266 g/mol. The summed E-state index contributed by atoms with van der Waals surface area (Å²) < 4.78 is 5.41. The van der Waals surface area contributed by atoms with E-state index < -0.39 is 0 Å². The summed E-state index contributed by atoms with van der Waals surface area (Å²) in [5.74, 6) is 0.115. The highest BCUT2D eigenvalue weighted by Crippen LogP contribution is 2.21. The number of para-hydroxylation sites is 1. The molecule has 2 N–H and O–H groups in total. The first-order chi connectivity index (χ1) is 10.3. The van der Waals surface area contributed by atoms with Gasteiger partial charge in [-0.1, -0.05) is 18.2 Å². The van der Waals surface area contributed by atoms with E-state index in [4.69, 9.17) is 4.74 Å². The molecule has 2 fully saturated rings. The van der Waals surface area contributed by atoms with Crippen LogP contribution in [-0.4, -0.2) is 44.8 Å². The number of carbonyl (C=O) groups excluding carboxylic acids is 1. The first-order valence-electron chi connectivity index (χ1n) is 7.76. The van der Waals surface area contributed by atoms with E-state index in [1.165, 1.54) is 11.3 Å². The third-order valence-electron chi connectivity index (χ3n) is 4.17. The predicted molar refractivity (Wildman–Crippen MR) is 82.3 cm³/mol. The lowest BCUT2D eigenvalue weighted by molar-refractivity contribution is -0.122. The van der Waals surface area contributed by atoms with Gasteiger partial charge in [-0.05, 0) is 31.0 Å². The van der Waals surface area contributed by atoms with Crippen molar-refractivity contribution in [3.05, 3.63) is 29.8 Å². The van der Waals surface area contributed by atoms with Gasteiger partial charge in [0.05, 0.1) is 19.3 Å². The second-order valence-corrected chi connectivity index (χ2v) is 5.59. The lowest BCUT2D eigenvalue weighted by Gasteiger charge is -2.30. The molecule has 114 valence electrons. The maximum atomic E-state index is 12.1. The largest absolute Gasteiger partial charge is 0.378 e. The number of rotatable bonds is 4. The van der Waals surface area contributed by atoms with Gasteiger partial charge in [-0.2, -0.15) is 0 Å². The Kier molecular flexibility index (Phi) is 4.72. The molecule has 2 aliphatic heterocycles. The van der Waals surface area contributed by atoms with Crippen LogP contribution >= 0.6 is 0 Å². The minimum atomic E-state index is -0.0134. The van der Waals surface area contributed by atoms with Crippen LogP contribution in [0.5, 0.6) is 0 Å². The molecule has 2 aliphatic rings. The van der Waals surface area contributed by atoms with Crippen LogP contribution in [0.25, 0.3) is 0 Å². The molecule has 0 radical (unpaired) electrons. The SMILES string of the molecule is O=C(NCc1ccccc1N1CCOCC1)C1CCCN1. The van der Waals surface area contributed by atoms with Gasteiger partial charge in [0, 0.05) is 25.3 Å². The lowest BCUT2D eigenvalue weighted by atomic mass is 10.1. The second kappa shape index (κ2) is 6.91. The molecule has 5 nitrogen and oxygen atoms in total. The quantitative estimate of drug-likeness (QED) is 0.864. The number of hydrogen-bond donors (Lipinski definition) is 2. The van der Waals surface area contributed by atoms with E-state index in [-0.39, 0.29) is 11.9 Å². The zero-order valence-electron chi connectivity index (χ0n) is 12.3. The first-order valence-corrected chi connectivity index (χ1v) is 7.76. The number of carbonyl (C=O) groups is 1. The molecule has 3 rings (SSSR count). The van der Waals surface area contributed by atoms with Crippen LogP contribution in [0.15, 0.2) is 24.3 Å². The van der Waals surface area contributed by atoms with Gasteiger partial charge < -0.3 is 20.3 Å². The molecule has 0 spiro atoms. The molecular formula is C16H23N3O2. The number of nitrogens with one attached hydrogen (secondary N) is 2. The molecule has 2 saturated heterocycles. The van der Waals surface area contributed by atoms with Crippen molar-refractivity contribution in [3.63, 3.8) is 0 Å². The van der Waals surface area contributed by atoms with Crippen LogP contribution in [0.2, 0.25) is 0 Å². The van der Waals surface area contributed by atoms with Crippen molar-refractivity contribution in [2.45, 2.75) is 25.4 Å². The number of nitrogens with zero attached hydrogens (tertiary/aromatic N) is 1. The highest BCUT2D eigenvalue weighted by Gasteiger charge is 2.22. The van der Waals surface area contributed by atoms with Gasteiger partial charge in [-0.25, -0.2) is 0 Å². The van der Waals surface area contributed by atoms with Crippen LogP contribution in [0.3, 0.4) is 0 Å². The number of morpholine rings is 1. The summed E-state index contributed by atoms with van der Waals surface area (Å²) in [6.07, 6.45) is 2.03. The van der Waals surface area contributed by atoms with Gasteiger partial charge in [0.25, 0.3) is 0 Å². The number of ether oxygens (including phenoxy) is 1. The Hall–Kier alpha value is -1.59. The van der Waals surface area contributed by atoms with Gasteiger partial charge in [0.15, 0.2) is 0 Å². The van der Waals surface area contributed by atoms with E-state index in [9.17, 15) is 4.79 Å². The van der Waals surface area contributed by atoms with Crippen LogP contribution in [0, 0.1) is 0 Å². The zero-order valence-corrected chi connectivity index (χ0v) is 12.3. The molecule has 0 bridgehead atoms. The van der Waals surface area contributed by atoms with E-state index in [0.717, 1.165) is 45.7 Å². The molecule has 1 aromatic rings. The van der Waals surface area contributed by atoms with E-state index in [0.29, 0.717) is 6.54 Å². The summed E-state index contributed by atoms with van der Waals surface area (Å²) in [6.45, 7) is 4.90. The van der Waals surface area contributed by atoms with Crippen LogP contribution in [-0.2, 0) is 16.1 Å². The summed E-state index contributed by atoms with van der Waals surface area (Å²) in [4.78, 5) is 14.4. The van der Waals surface area contributed by atoms with Gasteiger partial charge in [-0.15, -0.1) is 0 Å². The molecule has 5 heteroatoms. The molecule has 1 aromatic carbocycles. The topological polar surface area (TPSA) is 53.6 Å². The maximum Gasteiger partial charge on any atom is 0.237 e. The lowest BCUT2D eigenvalue weighted by Crippen LogP contribution is -2.41. The Morgan fingerprint density at radius 2 is 2.14 bits per heavy atom. The van der Waals surface area contributed by atoms with E-state index in [1.54, 1.807) is 0 Å². The Bertz CT molecular complexity index is 480. The predicted octanol–water partition coefficient (Wildman–Crippen LogP) is 0.891. The van der Waals surface area contributed by atoms with Crippen LogP contribution < -0.4 is 15.5 Å². The standard InChI is InChI=1S/C16H23N3O2/c20-16(14-5-3-7-17-14)18-12-13-4-1-2-6-15(13)19-8-10-21-11-9-19/h1-2,4,6,14,17H,3,5,7-12H2,(H,18,20). The molecule has 0 saturated carbocycles. The van der Waals surface area contributed by atoms with E-state index in [1.807, 2.05) is 6.07 Å². The molecule has 0 aromatic heterocycles. The normalized spacial score (nSPS) is 22.3. The first kappa shape index (κ1) is 14.4. The molecule has 21 heavy (non-hydrogen) atoms. The van der Waals surface area contributed by atoms with Gasteiger partial charge in [0.2, 0.25) is 5.91 Å². The van der Waals surface area contributed by atoms with Gasteiger partial charge in [0.1, 0.15) is 0 Å². The summed E-state index contributed by atoms with van der Waals surface area (Å²) >= 11 is 0. The third kappa shape index (κ3) is 3.54. The highest BCUT2D eigenvalue weighted by atomic mass is 16.5. The van der Waals surface area contributed by atoms with Crippen molar-refractivity contribution in [2.75, 3.05) is 37.7 Å². The smallest absolute Gasteiger partial charge is 0.237 e. The summed E-state index contributed by atoms with van der Waals surface area (Å²) in [5, 5.41) is 6.29. The Labute approximate surface area is 125 Å². The van der Waals surface area contributed by atoms with Crippen molar-refractivity contribution in [1.29, 1.82) is 0 Å². The minimum absolute atomic E-state index is 0.0134. The molecule has 1 amide bonds. The molecule has 0 aliphatic carbocycles. The average Bonchev–Trinajstić information content (AvgIpc) is 3.08. The number of amides is 1. The number of hydrogen-bond acceptors (Lipinski definition) is 4. The molecule has 2 heterocycles. The monoisotopic (exact) mass is 289 g/mol. The van der Waals surface area contributed by atoms with Crippen molar-refractivity contribution >= 4 is 11.6 Å². The zero-order chi connectivity index (χ0) is 14.5. The van der Waals surface area contributed by atoms with Crippen molar-refractivity contribution in [2.24, 2.45) is 0 Å². The Balaban J connectivity index is 1.63. The fraction of sp³-hybridized carbons (Fsp3) is 0.562. The van der Waals surface area contributed by atoms with Crippen LogP contribution in [0.4, 0.5) is 5.69 Å². The number of anilines is 1. The number of benzene rings is 1. The average molecular weight is 289 g/mol. The molecule has 1 unspecified atom stereocenters. The Morgan fingerprint density at radius 1 is 1.33 bits per heavy atom. The summed E-state index contributed by atoms with van der Waals surface area (Å²) in [5.41, 5.74) is 2.38. The molecule has 1 atom stereocenters. The summed E-state index contributed by atoms with van der Waals surface area (Å²) in [6, 6.07) is 8.28. The second-order valence-electron chi connectivity index (χ2n) is 5.59. The minimum Gasteiger partial charge on any atom is -0.378 e. The fourth-order valence-electron chi connectivity index (χ4n) is 2.99. The van der Waals surface area contributed by atoms with Crippen molar-refractivity contribution in [3.8, 4) is 0 Å². The van der Waals surface area contributed by atoms with Gasteiger partial charge in [-0.3, -0.25) is 4.79 Å².